The number of nitrogens with zero attached hydrogens (tertiary/aromatic N) is 4. The fourth-order valence-corrected chi connectivity index (χ4v) is 3.88. The largest absolute Gasteiger partial charge is 0.340 e. The molecule has 1 atom stereocenters. The summed E-state index contributed by atoms with van der Waals surface area (Å²) in [6.45, 7) is 3.24. The van der Waals surface area contributed by atoms with E-state index in [0.717, 1.165) is 29.4 Å². The van der Waals surface area contributed by atoms with E-state index < -0.39 is 6.35 Å². The van der Waals surface area contributed by atoms with Gasteiger partial charge in [-0.05, 0) is 24.1 Å². The fourth-order valence-electron chi connectivity index (χ4n) is 3.76. The van der Waals surface area contributed by atoms with Gasteiger partial charge in [-0.2, -0.15) is 0 Å². The second-order valence-electron chi connectivity index (χ2n) is 7.50. The summed E-state index contributed by atoms with van der Waals surface area (Å²) in [5.41, 5.74) is 0.813. The summed E-state index contributed by atoms with van der Waals surface area (Å²) in [4.78, 5) is 29.3. The summed E-state index contributed by atoms with van der Waals surface area (Å²) in [6, 6.07) is 7.53. The van der Waals surface area contributed by atoms with E-state index in [9.17, 15) is 9.59 Å². The van der Waals surface area contributed by atoms with Gasteiger partial charge in [-0.3, -0.25) is 13.9 Å². The molecule has 0 spiro atoms. The van der Waals surface area contributed by atoms with Gasteiger partial charge in [-0.25, -0.2) is 4.79 Å². The van der Waals surface area contributed by atoms with E-state index in [2.05, 4.69) is 6.92 Å². The number of halogens is 1. The molecule has 0 radical (unpaired) electrons. The van der Waals surface area contributed by atoms with Crippen molar-refractivity contribution in [2.45, 2.75) is 45.5 Å². The van der Waals surface area contributed by atoms with Gasteiger partial charge in [0.2, 0.25) is 6.35 Å². The number of fused-ring (bicyclic) bond motifs is 1. The smallest absolute Gasteiger partial charge is 0.332 e. The Kier molecular flexibility index (Phi) is 6.70. The van der Waals surface area contributed by atoms with E-state index in [1.807, 2.05) is 41.1 Å². The molecule has 3 rings (SSSR count). The number of hydrogen-bond donors (Lipinski definition) is 0. The standard InChI is InChI=1S/C21H29ClN4O3/c1-5-6-7-8-13-29-21-24(3)18-17(19(27)25(4)20(28)23(18)2)26(21)14-15-9-11-16(22)12-10-15/h9-12,21H,5-8,13-14H2,1-4H3. The molecule has 29 heavy (non-hydrogen) atoms. The van der Waals surface area contributed by atoms with Gasteiger partial charge in [0.25, 0.3) is 5.56 Å². The van der Waals surface area contributed by atoms with Crippen LogP contribution in [-0.2, 0) is 25.4 Å². The molecule has 0 bridgehead atoms. The molecule has 1 aliphatic heterocycles. The zero-order valence-corrected chi connectivity index (χ0v) is 18.3. The monoisotopic (exact) mass is 420 g/mol. The Labute approximate surface area is 176 Å². The number of ether oxygens (including phenoxy) is 1. The number of unbranched alkanes of at least 4 members (excludes halogenated alkanes) is 3. The molecule has 0 saturated heterocycles. The van der Waals surface area contributed by atoms with E-state index in [1.165, 1.54) is 18.0 Å². The van der Waals surface area contributed by atoms with Crippen LogP contribution >= 0.6 is 11.6 Å². The van der Waals surface area contributed by atoms with Crippen LogP contribution in [0.5, 0.6) is 0 Å². The Morgan fingerprint density at radius 3 is 2.34 bits per heavy atom. The van der Waals surface area contributed by atoms with Crippen LogP contribution in [0.3, 0.4) is 0 Å². The quantitative estimate of drug-likeness (QED) is 0.614. The highest BCUT2D eigenvalue weighted by atomic mass is 35.5. The predicted octanol–water partition coefficient (Wildman–Crippen LogP) is 3.07. The Morgan fingerprint density at radius 1 is 1.00 bits per heavy atom. The molecule has 0 saturated carbocycles. The molecule has 1 aromatic carbocycles. The van der Waals surface area contributed by atoms with Crippen molar-refractivity contribution in [2.24, 2.45) is 14.1 Å². The lowest BCUT2D eigenvalue weighted by Gasteiger charge is -2.30. The van der Waals surface area contributed by atoms with Crippen molar-refractivity contribution in [3.8, 4) is 0 Å². The highest BCUT2D eigenvalue weighted by molar-refractivity contribution is 6.30. The van der Waals surface area contributed by atoms with Crippen LogP contribution in [0.25, 0.3) is 0 Å². The number of hydrogen-bond acceptors (Lipinski definition) is 5. The molecule has 1 aromatic heterocycles. The maximum Gasteiger partial charge on any atom is 0.332 e. The number of aromatic nitrogens is 2. The average Bonchev–Trinajstić information content (AvgIpc) is 2.98. The van der Waals surface area contributed by atoms with Gasteiger partial charge in [0, 0.05) is 32.7 Å². The number of anilines is 2. The Balaban J connectivity index is 1.97. The van der Waals surface area contributed by atoms with Crippen LogP contribution in [0, 0.1) is 0 Å². The lowest BCUT2D eigenvalue weighted by Crippen LogP contribution is -2.44. The van der Waals surface area contributed by atoms with Crippen molar-refractivity contribution in [1.82, 2.24) is 9.13 Å². The summed E-state index contributed by atoms with van der Waals surface area (Å²) in [7, 11) is 5.04. The highest BCUT2D eigenvalue weighted by Gasteiger charge is 2.39. The van der Waals surface area contributed by atoms with Gasteiger partial charge in [-0.15, -0.1) is 0 Å². The van der Waals surface area contributed by atoms with Gasteiger partial charge in [0.15, 0.2) is 0 Å². The van der Waals surface area contributed by atoms with Gasteiger partial charge in [0.1, 0.15) is 11.5 Å². The van der Waals surface area contributed by atoms with Crippen molar-refractivity contribution < 1.29 is 4.74 Å². The molecule has 2 heterocycles. The van der Waals surface area contributed by atoms with Crippen molar-refractivity contribution >= 4 is 23.1 Å². The molecule has 0 amide bonds. The summed E-state index contributed by atoms with van der Waals surface area (Å²) in [5.74, 6) is 0.575. The summed E-state index contributed by atoms with van der Waals surface area (Å²) >= 11 is 6.02. The van der Waals surface area contributed by atoms with Crippen molar-refractivity contribution in [3.63, 3.8) is 0 Å². The third-order valence-corrected chi connectivity index (χ3v) is 5.61. The highest BCUT2D eigenvalue weighted by Crippen LogP contribution is 2.36. The van der Waals surface area contributed by atoms with E-state index >= 15 is 0 Å². The average molecular weight is 421 g/mol. The third kappa shape index (κ3) is 4.21. The normalized spacial score (nSPS) is 15.8. The first kappa shape index (κ1) is 21.5. The number of benzene rings is 1. The zero-order valence-electron chi connectivity index (χ0n) is 17.5. The van der Waals surface area contributed by atoms with Crippen LogP contribution in [-0.4, -0.2) is 29.1 Å². The van der Waals surface area contributed by atoms with Crippen LogP contribution in [0.2, 0.25) is 5.02 Å². The Bertz CT molecular complexity index is 968. The predicted molar refractivity (Wildman–Crippen MR) is 117 cm³/mol. The first-order chi connectivity index (χ1) is 13.9. The zero-order chi connectivity index (χ0) is 21.1. The molecule has 8 heteroatoms. The second kappa shape index (κ2) is 9.05. The van der Waals surface area contributed by atoms with Gasteiger partial charge in [0.05, 0.1) is 6.61 Å². The second-order valence-corrected chi connectivity index (χ2v) is 7.94. The molecule has 0 fully saturated rings. The van der Waals surface area contributed by atoms with Crippen molar-refractivity contribution in [2.75, 3.05) is 23.5 Å². The lowest BCUT2D eigenvalue weighted by atomic mass is 10.2. The SMILES string of the molecule is CCCCCCOC1N(C)c2c(c(=O)n(C)c(=O)n2C)N1Cc1ccc(Cl)cc1. The molecular weight excluding hydrogens is 392 g/mol. The van der Waals surface area contributed by atoms with E-state index in [1.54, 1.807) is 7.05 Å². The first-order valence-corrected chi connectivity index (χ1v) is 10.4. The van der Waals surface area contributed by atoms with Gasteiger partial charge < -0.3 is 14.5 Å². The Hall–Kier alpha value is -2.25. The van der Waals surface area contributed by atoms with E-state index in [-0.39, 0.29) is 11.2 Å². The molecular formula is C21H29ClN4O3. The maximum atomic E-state index is 13.0. The first-order valence-electron chi connectivity index (χ1n) is 10.0. The Morgan fingerprint density at radius 2 is 1.69 bits per heavy atom. The minimum absolute atomic E-state index is 0.319. The molecule has 7 nitrogen and oxygen atoms in total. The molecule has 1 unspecified atom stereocenters. The summed E-state index contributed by atoms with van der Waals surface area (Å²) in [6.07, 6.45) is 3.95. The molecule has 2 aromatic rings. The summed E-state index contributed by atoms with van der Waals surface area (Å²) < 4.78 is 8.85. The fraction of sp³-hybridized carbons (Fsp3) is 0.524. The molecule has 0 aliphatic carbocycles. The maximum absolute atomic E-state index is 13.0. The minimum Gasteiger partial charge on any atom is -0.340 e. The van der Waals surface area contributed by atoms with Gasteiger partial charge >= 0.3 is 5.69 Å². The van der Waals surface area contributed by atoms with Crippen LogP contribution in [0.15, 0.2) is 33.9 Å². The molecule has 1 aliphatic rings. The third-order valence-electron chi connectivity index (χ3n) is 5.36. The lowest BCUT2D eigenvalue weighted by molar-refractivity contribution is 0.0524. The minimum atomic E-state index is -0.456. The topological polar surface area (TPSA) is 59.7 Å². The molecule has 0 N–H and O–H groups in total. The van der Waals surface area contributed by atoms with Crippen molar-refractivity contribution in [1.29, 1.82) is 0 Å². The van der Waals surface area contributed by atoms with Crippen molar-refractivity contribution in [3.05, 3.63) is 55.7 Å². The van der Waals surface area contributed by atoms with E-state index in [4.69, 9.17) is 16.3 Å². The number of rotatable bonds is 8. The van der Waals surface area contributed by atoms with Gasteiger partial charge in [-0.1, -0.05) is 49.9 Å². The van der Waals surface area contributed by atoms with Crippen LogP contribution in [0.1, 0.15) is 38.2 Å². The van der Waals surface area contributed by atoms with Crippen LogP contribution < -0.4 is 21.0 Å². The summed E-state index contributed by atoms with van der Waals surface area (Å²) in [5, 5.41) is 0.662. The van der Waals surface area contributed by atoms with E-state index in [0.29, 0.717) is 29.7 Å². The molecule has 158 valence electrons. The van der Waals surface area contributed by atoms with Crippen LogP contribution in [0.4, 0.5) is 11.5 Å².